The molecular weight excluding hydrogens is 327 g/mol. The second-order valence-electron chi connectivity index (χ2n) is 5.72. The van der Waals surface area contributed by atoms with Crippen LogP contribution < -0.4 is 5.43 Å². The average Bonchev–Trinajstić information content (AvgIpc) is 2.99. The molecule has 0 saturated carbocycles. The molecule has 24 heavy (non-hydrogen) atoms. The number of hydrogen-bond acceptors (Lipinski definition) is 3. The van der Waals surface area contributed by atoms with E-state index in [1.54, 1.807) is 36.4 Å². The summed E-state index contributed by atoms with van der Waals surface area (Å²) in [5.41, 5.74) is 4.61. The minimum absolute atomic E-state index is 0.0636. The highest BCUT2D eigenvalue weighted by Crippen LogP contribution is 2.29. The molecule has 2 aromatic rings. The maximum atomic E-state index is 13.2. The monoisotopic (exact) mass is 342 g/mol. The number of terminal acetylenes is 1. The molecule has 1 N–H and O–H groups in total. The van der Waals surface area contributed by atoms with Gasteiger partial charge in [0.15, 0.2) is 5.78 Å². The van der Waals surface area contributed by atoms with E-state index in [1.165, 1.54) is 12.1 Å². The molecule has 0 aliphatic carbocycles. The van der Waals surface area contributed by atoms with Crippen LogP contribution in [0.4, 0.5) is 4.39 Å². The molecular formula is C19H16ClFN2O. The fourth-order valence-corrected chi connectivity index (χ4v) is 3.16. The molecule has 0 amide bonds. The molecule has 0 aromatic heterocycles. The molecule has 0 radical (unpaired) electrons. The topological polar surface area (TPSA) is 32.3 Å². The van der Waals surface area contributed by atoms with Gasteiger partial charge in [0, 0.05) is 23.0 Å². The van der Waals surface area contributed by atoms with Crippen LogP contribution in [0.15, 0.2) is 48.5 Å². The number of benzene rings is 2. The van der Waals surface area contributed by atoms with Crippen molar-refractivity contribution in [3.63, 3.8) is 0 Å². The van der Waals surface area contributed by atoms with E-state index in [0.717, 1.165) is 5.56 Å². The molecule has 0 bridgehead atoms. The summed E-state index contributed by atoms with van der Waals surface area (Å²) in [6.07, 6.45) is 5.38. The van der Waals surface area contributed by atoms with Crippen molar-refractivity contribution in [2.45, 2.75) is 12.0 Å². The van der Waals surface area contributed by atoms with Gasteiger partial charge in [-0.2, -0.15) is 0 Å². The van der Waals surface area contributed by atoms with Crippen LogP contribution >= 0.6 is 11.6 Å². The summed E-state index contributed by atoms with van der Waals surface area (Å²) < 4.78 is 13.2. The van der Waals surface area contributed by atoms with Crippen LogP contribution in [0, 0.1) is 18.2 Å². The summed E-state index contributed by atoms with van der Waals surface area (Å²) >= 11 is 5.99. The van der Waals surface area contributed by atoms with Crippen molar-refractivity contribution in [1.29, 1.82) is 0 Å². The van der Waals surface area contributed by atoms with Gasteiger partial charge in [-0.25, -0.2) is 14.8 Å². The Morgan fingerprint density at radius 1 is 1.33 bits per heavy atom. The number of carbonyl (C=O) groups excluding carboxylic acids is 1. The van der Waals surface area contributed by atoms with Crippen molar-refractivity contribution in [1.82, 2.24) is 10.4 Å². The van der Waals surface area contributed by atoms with Gasteiger partial charge in [0.05, 0.1) is 12.6 Å². The van der Waals surface area contributed by atoms with E-state index >= 15 is 0 Å². The number of hydrogen-bond donors (Lipinski definition) is 1. The summed E-state index contributed by atoms with van der Waals surface area (Å²) in [5, 5.41) is 2.35. The lowest BCUT2D eigenvalue weighted by Gasteiger charge is -2.18. The molecule has 2 unspecified atom stereocenters. The van der Waals surface area contributed by atoms with Crippen LogP contribution in [0.3, 0.4) is 0 Å². The lowest BCUT2D eigenvalue weighted by Crippen LogP contribution is -2.40. The summed E-state index contributed by atoms with van der Waals surface area (Å²) in [6.45, 7) is 0.962. The Morgan fingerprint density at radius 3 is 2.75 bits per heavy atom. The number of nitrogens with zero attached hydrogens (tertiary/aromatic N) is 1. The van der Waals surface area contributed by atoms with Gasteiger partial charge in [-0.1, -0.05) is 41.8 Å². The van der Waals surface area contributed by atoms with E-state index in [2.05, 4.69) is 11.3 Å². The Balaban J connectivity index is 1.91. The van der Waals surface area contributed by atoms with Crippen LogP contribution in [-0.2, 0) is 0 Å². The second kappa shape index (κ2) is 7.14. The molecule has 1 fully saturated rings. The molecule has 2 aromatic carbocycles. The molecule has 1 aliphatic rings. The number of hydrazine groups is 1. The Hall–Kier alpha value is -2.19. The first-order chi connectivity index (χ1) is 11.6. The van der Waals surface area contributed by atoms with Crippen LogP contribution in [0.2, 0.25) is 5.02 Å². The number of halogens is 2. The zero-order chi connectivity index (χ0) is 17.1. The van der Waals surface area contributed by atoms with Gasteiger partial charge >= 0.3 is 0 Å². The summed E-state index contributed by atoms with van der Waals surface area (Å²) in [5.74, 6) is 2.08. The molecule has 1 heterocycles. The van der Waals surface area contributed by atoms with Gasteiger partial charge in [-0.05, 0) is 29.8 Å². The standard InChI is InChI=1S/C19H16ClFN2O/c1-2-10-23-12-17(13-6-8-16(21)9-7-13)18(22-23)19(24)14-4-3-5-15(20)11-14/h1,3-9,11,17-18,22H,10,12H2. The van der Waals surface area contributed by atoms with E-state index in [4.69, 9.17) is 18.0 Å². The summed E-state index contributed by atoms with van der Waals surface area (Å²) in [6, 6.07) is 12.6. The Labute approximate surface area is 145 Å². The van der Waals surface area contributed by atoms with Crippen LogP contribution in [0.25, 0.3) is 0 Å². The molecule has 5 heteroatoms. The van der Waals surface area contributed by atoms with Gasteiger partial charge in [0.1, 0.15) is 5.82 Å². The number of Topliss-reactive ketones (excluding diaryl/α,β-unsaturated/α-hetero) is 1. The molecule has 3 rings (SSSR count). The quantitative estimate of drug-likeness (QED) is 0.683. The van der Waals surface area contributed by atoms with Crippen molar-refractivity contribution < 1.29 is 9.18 Å². The normalized spacial score (nSPS) is 20.7. The summed E-state index contributed by atoms with van der Waals surface area (Å²) in [7, 11) is 0. The van der Waals surface area contributed by atoms with Gasteiger partial charge in [0.2, 0.25) is 0 Å². The predicted octanol–water partition coefficient (Wildman–Crippen LogP) is 3.27. The van der Waals surface area contributed by atoms with Gasteiger partial charge in [-0.15, -0.1) is 6.42 Å². The average molecular weight is 343 g/mol. The fourth-order valence-electron chi connectivity index (χ4n) is 2.97. The largest absolute Gasteiger partial charge is 0.292 e. The maximum Gasteiger partial charge on any atom is 0.181 e. The van der Waals surface area contributed by atoms with Crippen molar-refractivity contribution >= 4 is 17.4 Å². The van der Waals surface area contributed by atoms with Crippen molar-refractivity contribution in [3.8, 4) is 12.3 Å². The Bertz CT molecular complexity index is 785. The number of ketones is 1. The Kier molecular flexibility index (Phi) is 4.96. The van der Waals surface area contributed by atoms with E-state index in [9.17, 15) is 9.18 Å². The molecule has 3 nitrogen and oxygen atoms in total. The van der Waals surface area contributed by atoms with Gasteiger partial charge in [-0.3, -0.25) is 4.79 Å². The molecule has 122 valence electrons. The first-order valence-corrected chi connectivity index (χ1v) is 7.96. The molecule has 2 atom stereocenters. The van der Waals surface area contributed by atoms with Crippen molar-refractivity contribution in [2.24, 2.45) is 0 Å². The number of rotatable bonds is 4. The van der Waals surface area contributed by atoms with E-state index in [1.807, 2.05) is 5.01 Å². The van der Waals surface area contributed by atoms with Crippen LogP contribution in [0.1, 0.15) is 21.8 Å². The predicted molar refractivity (Wildman–Crippen MR) is 92.3 cm³/mol. The fraction of sp³-hybridized carbons (Fsp3) is 0.211. The Morgan fingerprint density at radius 2 is 2.08 bits per heavy atom. The lowest BCUT2D eigenvalue weighted by atomic mass is 9.88. The maximum absolute atomic E-state index is 13.2. The molecule has 0 spiro atoms. The van der Waals surface area contributed by atoms with E-state index < -0.39 is 6.04 Å². The number of nitrogens with one attached hydrogen (secondary N) is 1. The smallest absolute Gasteiger partial charge is 0.181 e. The van der Waals surface area contributed by atoms with Gasteiger partial charge in [0.25, 0.3) is 0 Å². The third-order valence-corrected chi connectivity index (χ3v) is 4.35. The van der Waals surface area contributed by atoms with Crippen molar-refractivity contribution in [2.75, 3.05) is 13.1 Å². The molecule has 1 aliphatic heterocycles. The van der Waals surface area contributed by atoms with Crippen molar-refractivity contribution in [3.05, 3.63) is 70.5 Å². The van der Waals surface area contributed by atoms with Gasteiger partial charge < -0.3 is 0 Å². The highest BCUT2D eigenvalue weighted by Gasteiger charge is 2.38. The highest BCUT2D eigenvalue weighted by molar-refractivity contribution is 6.31. The minimum Gasteiger partial charge on any atom is -0.292 e. The lowest BCUT2D eigenvalue weighted by molar-refractivity contribution is 0.0925. The zero-order valence-corrected chi connectivity index (χ0v) is 13.6. The highest BCUT2D eigenvalue weighted by atomic mass is 35.5. The molecule has 1 saturated heterocycles. The van der Waals surface area contributed by atoms with Crippen LogP contribution in [0.5, 0.6) is 0 Å². The third kappa shape index (κ3) is 3.49. The SMILES string of the molecule is C#CCN1CC(c2ccc(F)cc2)C(C(=O)c2cccc(Cl)c2)N1. The second-order valence-corrected chi connectivity index (χ2v) is 6.16. The zero-order valence-electron chi connectivity index (χ0n) is 12.9. The number of carbonyl (C=O) groups is 1. The first kappa shape index (κ1) is 16.7. The van der Waals surface area contributed by atoms with E-state index in [-0.39, 0.29) is 17.5 Å². The van der Waals surface area contributed by atoms with E-state index in [0.29, 0.717) is 23.7 Å². The summed E-state index contributed by atoms with van der Waals surface area (Å²) in [4.78, 5) is 12.9. The first-order valence-electron chi connectivity index (χ1n) is 7.58. The van der Waals surface area contributed by atoms with Crippen LogP contribution in [-0.4, -0.2) is 29.9 Å². The third-order valence-electron chi connectivity index (χ3n) is 4.11. The minimum atomic E-state index is -0.470.